The van der Waals surface area contributed by atoms with Gasteiger partial charge in [-0.25, -0.2) is 0 Å². The van der Waals surface area contributed by atoms with Gasteiger partial charge in [-0.1, -0.05) is 164 Å². The van der Waals surface area contributed by atoms with Crippen LogP contribution in [-0.4, -0.2) is 4.57 Å². The maximum Gasteiger partial charge on any atom is 0.0541 e. The molecule has 62 heavy (non-hydrogen) atoms. The van der Waals surface area contributed by atoms with E-state index in [9.17, 15) is 0 Å². The Bertz CT molecular complexity index is 3080. The molecule has 1 aromatic heterocycles. The summed E-state index contributed by atoms with van der Waals surface area (Å²) in [5.74, 6) is 0. The first-order valence-electron chi connectivity index (χ1n) is 21.1. The highest BCUT2D eigenvalue weighted by Crippen LogP contribution is 2.40. The van der Waals surface area contributed by atoms with Crippen molar-refractivity contribution in [3.63, 3.8) is 0 Å². The molecule has 0 bridgehead atoms. The van der Waals surface area contributed by atoms with Crippen LogP contribution < -0.4 is 4.90 Å². The van der Waals surface area contributed by atoms with Crippen LogP contribution in [0.15, 0.2) is 243 Å². The van der Waals surface area contributed by atoms with E-state index < -0.39 is 0 Å². The lowest BCUT2D eigenvalue weighted by atomic mass is 10.0. The fraction of sp³-hybridized carbons (Fsp3) is 0. The van der Waals surface area contributed by atoms with Gasteiger partial charge in [0.2, 0.25) is 0 Å². The zero-order chi connectivity index (χ0) is 41.2. The molecular formula is C60H40N2. The van der Waals surface area contributed by atoms with Crippen molar-refractivity contribution in [3.8, 4) is 61.3 Å². The highest BCUT2D eigenvalue weighted by atomic mass is 15.1. The first-order chi connectivity index (χ1) is 30.7. The number of fused-ring (bicyclic) bond motifs is 3. The van der Waals surface area contributed by atoms with Gasteiger partial charge in [0.25, 0.3) is 0 Å². The first kappa shape index (κ1) is 36.7. The fourth-order valence-electron chi connectivity index (χ4n) is 8.74. The van der Waals surface area contributed by atoms with Crippen molar-refractivity contribution in [1.29, 1.82) is 0 Å². The standard InChI is InChI=1S/C60H40N2/c1-5-13-43(14-6-1)47-21-31-53(32-22-47)61(54-33-23-48(24-34-54)44-15-7-2-8-16-44)55-35-25-49(26-36-55)50-27-37-56(38-28-50)62-59-39-29-51(45-17-9-3-10-18-45)41-57(59)58-42-52(30-40-60(58)62)46-19-11-4-12-20-46/h1-3,5-11,13-42H. The lowest BCUT2D eigenvalue weighted by molar-refractivity contribution is 1.18. The number of hydrogen-bond donors (Lipinski definition) is 0. The van der Waals surface area contributed by atoms with Crippen LogP contribution in [0.4, 0.5) is 17.1 Å². The summed E-state index contributed by atoms with van der Waals surface area (Å²) in [5, 5.41) is 2.44. The summed E-state index contributed by atoms with van der Waals surface area (Å²) in [6.07, 6.45) is 0. The summed E-state index contributed by atoms with van der Waals surface area (Å²) in [6.45, 7) is 0. The van der Waals surface area contributed by atoms with Crippen molar-refractivity contribution in [2.45, 2.75) is 0 Å². The number of anilines is 3. The van der Waals surface area contributed by atoms with Crippen LogP contribution in [0.2, 0.25) is 0 Å². The van der Waals surface area contributed by atoms with Gasteiger partial charge in [-0.3, -0.25) is 0 Å². The Hall–Kier alpha value is -8.38. The molecule has 0 unspecified atom stereocenters. The minimum absolute atomic E-state index is 1.09. The molecule has 11 aromatic rings. The van der Waals surface area contributed by atoms with E-state index in [-0.39, 0.29) is 0 Å². The van der Waals surface area contributed by atoms with Crippen molar-refractivity contribution in [3.05, 3.63) is 255 Å². The maximum atomic E-state index is 3.13. The summed E-state index contributed by atoms with van der Waals surface area (Å²) in [5.41, 5.74) is 18.6. The molecule has 0 spiro atoms. The van der Waals surface area contributed by atoms with Crippen LogP contribution in [0.25, 0.3) is 83.1 Å². The molecule has 0 aliphatic rings. The number of rotatable bonds is 9. The monoisotopic (exact) mass is 788 g/mol. The third kappa shape index (κ3) is 6.98. The second-order valence-electron chi connectivity index (χ2n) is 15.6. The molecule has 0 atom stereocenters. The normalized spacial score (nSPS) is 11.1. The quantitative estimate of drug-likeness (QED) is 0.141. The third-order valence-corrected chi connectivity index (χ3v) is 11.9. The third-order valence-electron chi connectivity index (χ3n) is 11.9. The predicted octanol–water partition coefficient (Wildman–Crippen LogP) is 16.2. The highest BCUT2D eigenvalue weighted by molar-refractivity contribution is 6.11. The lowest BCUT2D eigenvalue weighted by Crippen LogP contribution is -2.09. The van der Waals surface area contributed by atoms with E-state index in [2.05, 4.69) is 252 Å². The van der Waals surface area contributed by atoms with E-state index in [0.717, 1.165) is 45.0 Å². The average Bonchev–Trinajstić information content (AvgIpc) is 3.69. The van der Waals surface area contributed by atoms with Crippen LogP contribution in [0.1, 0.15) is 0 Å². The molecule has 1 heterocycles. The Morgan fingerprint density at radius 2 is 0.645 bits per heavy atom. The van der Waals surface area contributed by atoms with Crippen LogP contribution in [-0.2, 0) is 0 Å². The van der Waals surface area contributed by atoms with Gasteiger partial charge in [0, 0.05) is 33.5 Å². The minimum atomic E-state index is 1.09. The van der Waals surface area contributed by atoms with Gasteiger partial charge >= 0.3 is 0 Å². The van der Waals surface area contributed by atoms with E-state index in [1.54, 1.807) is 0 Å². The Labute approximate surface area is 362 Å². The topological polar surface area (TPSA) is 8.17 Å². The fourth-order valence-corrected chi connectivity index (χ4v) is 8.74. The predicted molar refractivity (Wildman–Crippen MR) is 260 cm³/mol. The van der Waals surface area contributed by atoms with Gasteiger partial charge in [-0.05, 0) is 147 Å². The van der Waals surface area contributed by atoms with E-state index in [4.69, 9.17) is 0 Å². The number of nitrogens with zero attached hydrogens (tertiary/aromatic N) is 2. The smallest absolute Gasteiger partial charge is 0.0541 e. The molecule has 290 valence electrons. The molecular weight excluding hydrogens is 749 g/mol. The highest BCUT2D eigenvalue weighted by Gasteiger charge is 2.17. The average molecular weight is 789 g/mol. The molecule has 11 rings (SSSR count). The second-order valence-corrected chi connectivity index (χ2v) is 15.6. The maximum absolute atomic E-state index is 3.13. The van der Waals surface area contributed by atoms with Crippen LogP contribution in [0, 0.1) is 12.1 Å². The number of hydrogen-bond acceptors (Lipinski definition) is 1. The molecule has 2 heteroatoms. The zero-order valence-corrected chi connectivity index (χ0v) is 34.0. The van der Waals surface area contributed by atoms with E-state index >= 15 is 0 Å². The van der Waals surface area contributed by atoms with Crippen LogP contribution >= 0.6 is 0 Å². The summed E-state index contributed by atoms with van der Waals surface area (Å²) < 4.78 is 2.39. The SMILES string of the molecule is c1ccc(-c2ccc3c(c2)c2cc(-c4ccccc4)ccc2n3-c2ccc(-c3ccc(N(c4ccc(-c5ccccc5)cc4)c4ccc(-c5ccccc5)cc4)cc3)cc2)cc#1. The molecule has 0 saturated carbocycles. The van der Waals surface area contributed by atoms with Gasteiger partial charge < -0.3 is 9.47 Å². The summed E-state index contributed by atoms with van der Waals surface area (Å²) >= 11 is 0. The molecule has 0 aliphatic heterocycles. The molecule has 0 radical (unpaired) electrons. The Kier molecular flexibility index (Phi) is 9.46. The van der Waals surface area contributed by atoms with Crippen molar-refractivity contribution >= 4 is 38.9 Å². The molecule has 10 aromatic carbocycles. The minimum Gasteiger partial charge on any atom is -0.311 e. The molecule has 0 amide bonds. The molecule has 0 aliphatic carbocycles. The Morgan fingerprint density at radius 3 is 1.05 bits per heavy atom. The Morgan fingerprint density at radius 1 is 0.290 bits per heavy atom. The van der Waals surface area contributed by atoms with Crippen molar-refractivity contribution in [2.75, 3.05) is 4.90 Å². The summed E-state index contributed by atoms with van der Waals surface area (Å²) in [7, 11) is 0. The summed E-state index contributed by atoms with van der Waals surface area (Å²) in [4.78, 5) is 2.34. The molecule has 0 fully saturated rings. The van der Waals surface area contributed by atoms with Gasteiger partial charge in [-0.15, -0.1) is 0 Å². The van der Waals surface area contributed by atoms with E-state index in [1.165, 1.54) is 55.2 Å². The van der Waals surface area contributed by atoms with Crippen molar-refractivity contribution in [1.82, 2.24) is 4.57 Å². The second kappa shape index (κ2) is 16.0. The van der Waals surface area contributed by atoms with Crippen LogP contribution in [0.3, 0.4) is 0 Å². The largest absolute Gasteiger partial charge is 0.311 e. The summed E-state index contributed by atoms with van der Waals surface area (Å²) in [6, 6.07) is 93.2. The Balaban J connectivity index is 0.941. The first-order valence-corrected chi connectivity index (χ1v) is 21.1. The van der Waals surface area contributed by atoms with Gasteiger partial charge in [0.15, 0.2) is 0 Å². The van der Waals surface area contributed by atoms with Gasteiger partial charge in [-0.2, -0.15) is 0 Å². The van der Waals surface area contributed by atoms with Crippen molar-refractivity contribution < 1.29 is 0 Å². The van der Waals surface area contributed by atoms with Gasteiger partial charge in [0.05, 0.1) is 11.0 Å². The van der Waals surface area contributed by atoms with E-state index in [1.807, 2.05) is 12.1 Å². The molecule has 2 nitrogen and oxygen atoms in total. The zero-order valence-electron chi connectivity index (χ0n) is 34.0. The molecule has 0 saturated heterocycles. The number of aromatic nitrogens is 1. The lowest BCUT2D eigenvalue weighted by Gasteiger charge is -2.26. The van der Waals surface area contributed by atoms with Crippen LogP contribution in [0.5, 0.6) is 0 Å². The van der Waals surface area contributed by atoms with Crippen molar-refractivity contribution in [2.24, 2.45) is 0 Å². The van der Waals surface area contributed by atoms with E-state index in [0.29, 0.717) is 0 Å². The van der Waals surface area contributed by atoms with Gasteiger partial charge in [0.1, 0.15) is 0 Å². The molecule has 0 N–H and O–H groups in total. The number of benzene rings is 9.